The van der Waals surface area contributed by atoms with Crippen molar-refractivity contribution in [1.29, 1.82) is 5.26 Å². The molecule has 1 atom stereocenters. The minimum Gasteiger partial charge on any atom is -0.472 e. The van der Waals surface area contributed by atoms with E-state index in [0.29, 0.717) is 42.1 Å². The Morgan fingerprint density at radius 2 is 1.93 bits per heavy atom. The Bertz CT molecular complexity index is 978. The van der Waals surface area contributed by atoms with Crippen molar-refractivity contribution in [2.24, 2.45) is 0 Å². The highest BCUT2D eigenvalue weighted by molar-refractivity contribution is 6.22. The third-order valence-corrected chi connectivity index (χ3v) is 4.82. The summed E-state index contributed by atoms with van der Waals surface area (Å²) in [6, 6.07) is 11.7. The molecule has 1 aromatic carbocycles. The number of nitrogens with zero attached hydrogens (tertiary/aromatic N) is 4. The molecule has 1 unspecified atom stereocenters. The maximum atomic E-state index is 12.6. The summed E-state index contributed by atoms with van der Waals surface area (Å²) in [5.74, 6) is -0.866. The van der Waals surface area contributed by atoms with E-state index in [1.165, 1.54) is 6.20 Å². The number of benzene rings is 1. The predicted molar refractivity (Wildman–Crippen MR) is 96.4 cm³/mol. The molecule has 8 heteroatoms. The van der Waals surface area contributed by atoms with Gasteiger partial charge in [0.15, 0.2) is 0 Å². The van der Waals surface area contributed by atoms with Crippen LogP contribution >= 0.6 is 0 Å². The zero-order valence-corrected chi connectivity index (χ0v) is 14.9. The summed E-state index contributed by atoms with van der Waals surface area (Å²) in [5, 5.41) is 8.94. The molecular formula is C20H16N4O4. The molecule has 8 nitrogen and oxygen atoms in total. The third kappa shape index (κ3) is 3.18. The summed E-state index contributed by atoms with van der Waals surface area (Å²) in [6.07, 6.45) is 1.84. The molecule has 3 heterocycles. The topological polar surface area (TPSA) is 104 Å². The van der Waals surface area contributed by atoms with E-state index in [0.717, 1.165) is 4.90 Å². The maximum absolute atomic E-state index is 12.6. The minimum atomic E-state index is -0.446. The van der Waals surface area contributed by atoms with Crippen molar-refractivity contribution in [3.8, 4) is 11.9 Å². The number of likely N-dealkylation sites (tertiary alicyclic amines) is 1. The van der Waals surface area contributed by atoms with Crippen LogP contribution in [-0.4, -0.2) is 58.2 Å². The number of fused-ring (bicyclic) bond motifs is 1. The fraction of sp³-hybridized carbons (Fsp3) is 0.250. The van der Waals surface area contributed by atoms with Gasteiger partial charge in [0.25, 0.3) is 11.8 Å². The van der Waals surface area contributed by atoms with Gasteiger partial charge in [-0.15, -0.1) is 0 Å². The number of rotatable bonds is 4. The number of nitriles is 1. The standard InChI is InChI=1S/C20H16N4O4/c21-10-13-5-7-22-17(9-13)28-14-6-8-23(11-14)18(25)12-24-19(26)15-3-1-2-4-16(15)20(24)27/h1-5,7,9,14H,6,8,11-12H2. The number of amides is 3. The average Bonchev–Trinajstić information content (AvgIpc) is 3.27. The van der Waals surface area contributed by atoms with Gasteiger partial charge in [0.05, 0.1) is 29.3 Å². The first-order chi connectivity index (χ1) is 13.6. The van der Waals surface area contributed by atoms with Gasteiger partial charge in [-0.25, -0.2) is 4.98 Å². The number of imide groups is 1. The fourth-order valence-corrected chi connectivity index (χ4v) is 3.38. The molecule has 140 valence electrons. The van der Waals surface area contributed by atoms with Crippen LogP contribution in [0.15, 0.2) is 42.6 Å². The summed E-state index contributed by atoms with van der Waals surface area (Å²) in [4.78, 5) is 44.0. The van der Waals surface area contributed by atoms with Gasteiger partial charge in [0.1, 0.15) is 12.6 Å². The second-order valence-electron chi connectivity index (χ2n) is 6.60. The second-order valence-corrected chi connectivity index (χ2v) is 6.60. The molecule has 0 spiro atoms. The first-order valence-electron chi connectivity index (χ1n) is 8.82. The van der Waals surface area contributed by atoms with Crippen LogP contribution in [0.25, 0.3) is 0 Å². The number of hydrogen-bond donors (Lipinski definition) is 0. The van der Waals surface area contributed by atoms with Gasteiger partial charge in [0, 0.05) is 25.2 Å². The zero-order chi connectivity index (χ0) is 19.7. The van der Waals surface area contributed by atoms with Crippen LogP contribution in [0.1, 0.15) is 32.7 Å². The molecule has 0 N–H and O–H groups in total. The lowest BCUT2D eigenvalue weighted by Crippen LogP contribution is -2.42. The summed E-state index contributed by atoms with van der Waals surface area (Å²) in [7, 11) is 0. The summed E-state index contributed by atoms with van der Waals surface area (Å²) in [5.41, 5.74) is 1.10. The SMILES string of the molecule is N#Cc1ccnc(OC2CCN(C(=O)CN3C(=O)c4ccccc4C3=O)C2)c1. The molecule has 4 rings (SSSR count). The predicted octanol–water partition coefficient (Wildman–Crippen LogP) is 1.23. The lowest BCUT2D eigenvalue weighted by molar-refractivity contribution is -0.130. The summed E-state index contributed by atoms with van der Waals surface area (Å²) >= 11 is 0. The van der Waals surface area contributed by atoms with Crippen molar-refractivity contribution >= 4 is 17.7 Å². The zero-order valence-electron chi connectivity index (χ0n) is 14.9. The van der Waals surface area contributed by atoms with Gasteiger partial charge in [-0.2, -0.15) is 5.26 Å². The summed E-state index contributed by atoms with van der Waals surface area (Å²) in [6.45, 7) is 0.506. The number of carbonyl (C=O) groups is 3. The molecule has 1 aromatic heterocycles. The van der Waals surface area contributed by atoms with E-state index in [2.05, 4.69) is 4.98 Å². The number of hydrogen-bond acceptors (Lipinski definition) is 6. The van der Waals surface area contributed by atoms with Gasteiger partial charge in [-0.1, -0.05) is 12.1 Å². The Labute approximate surface area is 160 Å². The highest BCUT2D eigenvalue weighted by atomic mass is 16.5. The van der Waals surface area contributed by atoms with Crippen molar-refractivity contribution in [3.05, 3.63) is 59.3 Å². The van der Waals surface area contributed by atoms with E-state index in [1.54, 1.807) is 41.3 Å². The summed E-state index contributed by atoms with van der Waals surface area (Å²) < 4.78 is 5.76. The molecular weight excluding hydrogens is 360 g/mol. The first kappa shape index (κ1) is 17.7. The van der Waals surface area contributed by atoms with Gasteiger partial charge in [-0.3, -0.25) is 19.3 Å². The molecule has 0 aliphatic carbocycles. The van der Waals surface area contributed by atoms with Crippen LogP contribution < -0.4 is 4.74 Å². The van der Waals surface area contributed by atoms with E-state index in [1.807, 2.05) is 6.07 Å². The van der Waals surface area contributed by atoms with Crippen LogP contribution in [-0.2, 0) is 4.79 Å². The highest BCUT2D eigenvalue weighted by Gasteiger charge is 2.38. The fourth-order valence-electron chi connectivity index (χ4n) is 3.38. The maximum Gasteiger partial charge on any atom is 0.262 e. The van der Waals surface area contributed by atoms with Gasteiger partial charge in [-0.05, 0) is 18.2 Å². The second kappa shape index (κ2) is 7.12. The number of ether oxygens (including phenoxy) is 1. The third-order valence-electron chi connectivity index (χ3n) is 4.82. The molecule has 2 aromatic rings. The molecule has 2 aliphatic heterocycles. The molecule has 0 bridgehead atoms. The lowest BCUT2D eigenvalue weighted by atomic mass is 10.1. The Morgan fingerprint density at radius 3 is 2.61 bits per heavy atom. The van der Waals surface area contributed by atoms with Crippen LogP contribution in [0.2, 0.25) is 0 Å². The number of pyridine rings is 1. The van der Waals surface area contributed by atoms with Crippen LogP contribution in [0.3, 0.4) is 0 Å². The molecule has 2 aliphatic rings. The van der Waals surface area contributed by atoms with E-state index >= 15 is 0 Å². The van der Waals surface area contributed by atoms with Crippen LogP contribution in [0, 0.1) is 11.3 Å². The molecule has 0 saturated carbocycles. The van der Waals surface area contributed by atoms with Crippen molar-refractivity contribution in [2.75, 3.05) is 19.6 Å². The largest absolute Gasteiger partial charge is 0.472 e. The molecule has 1 saturated heterocycles. The Kier molecular flexibility index (Phi) is 4.49. The quantitative estimate of drug-likeness (QED) is 0.744. The van der Waals surface area contributed by atoms with E-state index in [9.17, 15) is 14.4 Å². The molecule has 28 heavy (non-hydrogen) atoms. The van der Waals surface area contributed by atoms with Gasteiger partial charge >= 0.3 is 0 Å². The Balaban J connectivity index is 1.37. The van der Waals surface area contributed by atoms with Gasteiger partial charge in [0.2, 0.25) is 11.8 Å². The normalized spacial score (nSPS) is 18.2. The average molecular weight is 376 g/mol. The Hall–Kier alpha value is -3.73. The minimum absolute atomic E-state index is 0.257. The van der Waals surface area contributed by atoms with Crippen LogP contribution in [0.5, 0.6) is 5.88 Å². The molecule has 1 fully saturated rings. The van der Waals surface area contributed by atoms with Crippen LogP contribution in [0.4, 0.5) is 0 Å². The van der Waals surface area contributed by atoms with Crippen molar-refractivity contribution in [3.63, 3.8) is 0 Å². The highest BCUT2D eigenvalue weighted by Crippen LogP contribution is 2.23. The first-order valence-corrected chi connectivity index (χ1v) is 8.82. The number of carbonyl (C=O) groups excluding carboxylic acids is 3. The van der Waals surface area contributed by atoms with Crippen molar-refractivity contribution in [1.82, 2.24) is 14.8 Å². The van der Waals surface area contributed by atoms with E-state index in [-0.39, 0.29) is 18.6 Å². The molecule has 0 radical (unpaired) electrons. The van der Waals surface area contributed by atoms with E-state index in [4.69, 9.17) is 10.00 Å². The smallest absolute Gasteiger partial charge is 0.262 e. The monoisotopic (exact) mass is 376 g/mol. The lowest BCUT2D eigenvalue weighted by Gasteiger charge is -2.20. The Morgan fingerprint density at radius 1 is 1.21 bits per heavy atom. The number of aromatic nitrogens is 1. The van der Waals surface area contributed by atoms with E-state index < -0.39 is 11.8 Å². The molecule has 3 amide bonds. The van der Waals surface area contributed by atoms with Crippen molar-refractivity contribution in [2.45, 2.75) is 12.5 Å². The van der Waals surface area contributed by atoms with Gasteiger partial charge < -0.3 is 9.64 Å². The van der Waals surface area contributed by atoms with Crippen molar-refractivity contribution < 1.29 is 19.1 Å².